The van der Waals surface area contributed by atoms with Crippen LogP contribution in [0.15, 0.2) is 22.7 Å². The molecule has 2 unspecified atom stereocenters. The summed E-state index contributed by atoms with van der Waals surface area (Å²) >= 11 is 3.46. The molecule has 1 aliphatic heterocycles. The van der Waals surface area contributed by atoms with Gasteiger partial charge in [-0.3, -0.25) is 0 Å². The molecule has 2 aliphatic rings. The second-order valence-corrected chi connectivity index (χ2v) is 7.80. The first-order valence-corrected chi connectivity index (χ1v) is 7.85. The molecule has 1 spiro atoms. The third-order valence-corrected chi connectivity index (χ3v) is 5.00. The fraction of sp³-hybridized carbons (Fsp3) is 0.625. The highest BCUT2D eigenvalue weighted by Crippen LogP contribution is 2.51. The highest BCUT2D eigenvalue weighted by molar-refractivity contribution is 9.10. The van der Waals surface area contributed by atoms with Gasteiger partial charge in [0.25, 0.3) is 0 Å². The van der Waals surface area contributed by atoms with Crippen molar-refractivity contribution in [3.8, 4) is 5.75 Å². The summed E-state index contributed by atoms with van der Waals surface area (Å²) in [5.74, 6) is 0.861. The molecule has 0 amide bonds. The van der Waals surface area contributed by atoms with E-state index in [2.05, 4.69) is 29.8 Å². The highest BCUT2D eigenvalue weighted by Gasteiger charge is 2.46. The normalized spacial score (nSPS) is 32.7. The van der Waals surface area contributed by atoms with Crippen LogP contribution in [-0.4, -0.2) is 10.7 Å². The van der Waals surface area contributed by atoms with E-state index in [1.165, 1.54) is 12.8 Å². The van der Waals surface area contributed by atoms with Crippen LogP contribution in [0.3, 0.4) is 0 Å². The quantitative estimate of drug-likeness (QED) is 0.755. The molecule has 1 saturated carbocycles. The van der Waals surface area contributed by atoms with Crippen molar-refractivity contribution in [3.63, 3.8) is 0 Å². The summed E-state index contributed by atoms with van der Waals surface area (Å²) in [6, 6.07) is 5.94. The maximum absolute atomic E-state index is 10.5. The van der Waals surface area contributed by atoms with Gasteiger partial charge in [0.1, 0.15) is 11.4 Å². The Hall–Kier alpha value is -0.540. The summed E-state index contributed by atoms with van der Waals surface area (Å²) in [7, 11) is 0. The van der Waals surface area contributed by atoms with Gasteiger partial charge in [-0.25, -0.2) is 0 Å². The van der Waals surface area contributed by atoms with E-state index >= 15 is 0 Å². The number of ether oxygens (including phenoxy) is 1. The number of aliphatic hydroxyl groups excluding tert-OH is 1. The van der Waals surface area contributed by atoms with Crippen LogP contribution in [0.5, 0.6) is 5.75 Å². The Labute approximate surface area is 123 Å². The van der Waals surface area contributed by atoms with E-state index in [4.69, 9.17) is 4.74 Å². The topological polar surface area (TPSA) is 29.5 Å². The molecule has 1 fully saturated rings. The zero-order chi connectivity index (χ0) is 13.7. The van der Waals surface area contributed by atoms with Crippen molar-refractivity contribution >= 4 is 15.9 Å². The van der Waals surface area contributed by atoms with Crippen LogP contribution >= 0.6 is 15.9 Å². The lowest BCUT2D eigenvalue weighted by Crippen LogP contribution is -2.47. The van der Waals surface area contributed by atoms with Crippen molar-refractivity contribution in [2.75, 3.05) is 0 Å². The van der Waals surface area contributed by atoms with E-state index < -0.39 is 6.10 Å². The van der Waals surface area contributed by atoms with Crippen LogP contribution in [0.1, 0.15) is 57.6 Å². The molecule has 1 aromatic carbocycles. The van der Waals surface area contributed by atoms with Crippen LogP contribution in [0.4, 0.5) is 0 Å². The van der Waals surface area contributed by atoms with E-state index in [-0.39, 0.29) is 5.60 Å². The number of hydrogen-bond acceptors (Lipinski definition) is 2. The maximum Gasteiger partial charge on any atom is 0.126 e. The minimum absolute atomic E-state index is 0.165. The average molecular weight is 325 g/mol. The first kappa shape index (κ1) is 13.4. The Morgan fingerprint density at radius 3 is 2.84 bits per heavy atom. The van der Waals surface area contributed by atoms with Crippen molar-refractivity contribution in [2.45, 2.75) is 57.7 Å². The predicted molar refractivity (Wildman–Crippen MR) is 79.3 cm³/mol. The summed E-state index contributed by atoms with van der Waals surface area (Å²) in [6.45, 7) is 4.61. The average Bonchev–Trinajstić information content (AvgIpc) is 2.29. The van der Waals surface area contributed by atoms with Gasteiger partial charge in [0.05, 0.1) is 6.10 Å². The fourth-order valence-electron chi connectivity index (χ4n) is 3.81. The Kier molecular flexibility index (Phi) is 3.18. The summed E-state index contributed by atoms with van der Waals surface area (Å²) < 4.78 is 7.33. The number of fused-ring (bicyclic) bond motifs is 1. The van der Waals surface area contributed by atoms with Gasteiger partial charge in [0.15, 0.2) is 0 Å². The Bertz CT molecular complexity index is 498. The molecule has 1 heterocycles. The molecule has 1 N–H and O–H groups in total. The smallest absolute Gasteiger partial charge is 0.126 e. The first-order chi connectivity index (χ1) is 8.89. The number of hydrogen-bond donors (Lipinski definition) is 1. The molecule has 1 aliphatic carbocycles. The molecule has 1 aromatic rings. The Morgan fingerprint density at radius 1 is 1.32 bits per heavy atom. The molecule has 0 radical (unpaired) electrons. The van der Waals surface area contributed by atoms with E-state index in [1.54, 1.807) is 0 Å². The largest absolute Gasteiger partial charge is 0.487 e. The minimum atomic E-state index is -0.407. The Morgan fingerprint density at radius 2 is 2.11 bits per heavy atom. The Balaban J connectivity index is 1.94. The van der Waals surface area contributed by atoms with Gasteiger partial charge < -0.3 is 9.84 Å². The highest BCUT2D eigenvalue weighted by atomic mass is 79.9. The first-order valence-electron chi connectivity index (χ1n) is 7.06. The van der Waals surface area contributed by atoms with E-state index in [9.17, 15) is 5.11 Å². The molecule has 0 saturated heterocycles. The zero-order valence-corrected chi connectivity index (χ0v) is 13.2. The lowest BCUT2D eigenvalue weighted by molar-refractivity contribution is -0.0677. The molecular formula is C16H21BrO2. The summed E-state index contributed by atoms with van der Waals surface area (Å²) in [5.41, 5.74) is 1.07. The SMILES string of the molecule is CC1(C)CCCC2(CC(O)c3cc(Br)ccc3O2)C1. The second kappa shape index (κ2) is 4.49. The lowest BCUT2D eigenvalue weighted by atomic mass is 9.67. The van der Waals surface area contributed by atoms with Crippen LogP contribution in [0.25, 0.3) is 0 Å². The second-order valence-electron chi connectivity index (χ2n) is 6.88. The number of halogens is 1. The molecular weight excluding hydrogens is 304 g/mol. The van der Waals surface area contributed by atoms with E-state index in [1.807, 2.05) is 18.2 Å². The molecule has 3 heteroatoms. The molecule has 19 heavy (non-hydrogen) atoms. The summed E-state index contributed by atoms with van der Waals surface area (Å²) in [4.78, 5) is 0. The molecule has 3 rings (SSSR count). The van der Waals surface area contributed by atoms with E-state index in [0.29, 0.717) is 5.41 Å². The van der Waals surface area contributed by atoms with Gasteiger partial charge in [-0.1, -0.05) is 29.8 Å². The van der Waals surface area contributed by atoms with Crippen LogP contribution < -0.4 is 4.74 Å². The van der Waals surface area contributed by atoms with E-state index in [0.717, 1.165) is 35.0 Å². The van der Waals surface area contributed by atoms with Crippen LogP contribution in [-0.2, 0) is 0 Å². The van der Waals surface area contributed by atoms with Crippen molar-refractivity contribution < 1.29 is 9.84 Å². The summed E-state index contributed by atoms with van der Waals surface area (Å²) in [6.07, 6.45) is 4.85. The predicted octanol–water partition coefficient (Wildman–Crippen LogP) is 4.60. The van der Waals surface area contributed by atoms with Gasteiger partial charge >= 0.3 is 0 Å². The molecule has 104 valence electrons. The summed E-state index contributed by atoms with van der Waals surface area (Å²) in [5, 5.41) is 10.5. The number of rotatable bonds is 0. The zero-order valence-electron chi connectivity index (χ0n) is 11.6. The van der Waals surface area contributed by atoms with Crippen molar-refractivity contribution in [1.29, 1.82) is 0 Å². The van der Waals surface area contributed by atoms with Gasteiger partial charge in [-0.2, -0.15) is 0 Å². The standard InChI is InChI=1S/C16H21BrO2/c1-15(2)6-3-7-16(10-15)9-13(18)12-8-11(17)4-5-14(12)19-16/h4-5,8,13,18H,3,6-7,9-10H2,1-2H3. The van der Waals surface area contributed by atoms with Crippen molar-refractivity contribution in [1.82, 2.24) is 0 Å². The third kappa shape index (κ3) is 2.55. The van der Waals surface area contributed by atoms with Crippen LogP contribution in [0, 0.1) is 5.41 Å². The van der Waals surface area contributed by atoms with Gasteiger partial charge in [-0.15, -0.1) is 0 Å². The minimum Gasteiger partial charge on any atom is -0.487 e. The maximum atomic E-state index is 10.5. The molecule has 2 atom stereocenters. The van der Waals surface area contributed by atoms with Crippen molar-refractivity contribution in [3.05, 3.63) is 28.2 Å². The molecule has 0 bridgehead atoms. The van der Waals surface area contributed by atoms with Gasteiger partial charge in [0, 0.05) is 16.5 Å². The lowest BCUT2D eigenvalue weighted by Gasteiger charge is -2.48. The van der Waals surface area contributed by atoms with Crippen LogP contribution in [0.2, 0.25) is 0 Å². The third-order valence-electron chi connectivity index (χ3n) is 4.51. The molecule has 2 nitrogen and oxygen atoms in total. The number of aliphatic hydroxyl groups is 1. The van der Waals surface area contributed by atoms with Gasteiger partial charge in [0.2, 0.25) is 0 Å². The monoisotopic (exact) mass is 324 g/mol. The fourth-order valence-corrected chi connectivity index (χ4v) is 4.19. The van der Waals surface area contributed by atoms with Gasteiger partial charge in [-0.05, 0) is 49.3 Å². The molecule has 0 aromatic heterocycles. The van der Waals surface area contributed by atoms with Crippen molar-refractivity contribution in [2.24, 2.45) is 5.41 Å². The number of benzene rings is 1.